The predicted octanol–water partition coefficient (Wildman–Crippen LogP) is 3.45. The SMILES string of the molecule is CCCOc1ccc(S(=O)(=O)NCCC2CCCCN2S(=O)(=O)c2cccs2)cc1. The van der Waals surface area contributed by atoms with Crippen LogP contribution >= 0.6 is 11.3 Å². The summed E-state index contributed by atoms with van der Waals surface area (Å²) in [4.78, 5) is 0.165. The van der Waals surface area contributed by atoms with Gasteiger partial charge in [0.15, 0.2) is 0 Å². The summed E-state index contributed by atoms with van der Waals surface area (Å²) in [5.74, 6) is 0.632. The van der Waals surface area contributed by atoms with Gasteiger partial charge in [-0.05, 0) is 61.4 Å². The lowest BCUT2D eigenvalue weighted by Gasteiger charge is -2.34. The van der Waals surface area contributed by atoms with Crippen LogP contribution in [0.2, 0.25) is 0 Å². The number of ether oxygens (including phenoxy) is 1. The molecule has 1 aliphatic heterocycles. The van der Waals surface area contributed by atoms with Crippen molar-refractivity contribution in [1.82, 2.24) is 9.03 Å². The standard InChI is InChI=1S/C20H28N2O5S3/c1-2-15-27-18-8-10-19(11-9-18)29(23,24)21-13-12-17-6-3-4-14-22(17)30(25,26)20-7-5-16-28-20/h5,7-11,16-17,21H,2-4,6,12-15H2,1H3. The van der Waals surface area contributed by atoms with E-state index in [1.807, 2.05) is 6.92 Å². The number of thiophene rings is 1. The van der Waals surface area contributed by atoms with Gasteiger partial charge in [0.2, 0.25) is 10.0 Å². The first-order valence-corrected chi connectivity index (χ1v) is 13.9. The number of benzene rings is 1. The monoisotopic (exact) mass is 472 g/mol. The van der Waals surface area contributed by atoms with Crippen LogP contribution < -0.4 is 9.46 Å². The normalized spacial score (nSPS) is 18.4. The van der Waals surface area contributed by atoms with Gasteiger partial charge in [-0.3, -0.25) is 0 Å². The van der Waals surface area contributed by atoms with Gasteiger partial charge in [0.1, 0.15) is 9.96 Å². The van der Waals surface area contributed by atoms with E-state index in [1.165, 1.54) is 27.8 Å². The average Bonchev–Trinajstić information content (AvgIpc) is 3.29. The summed E-state index contributed by atoms with van der Waals surface area (Å²) in [6, 6.07) is 9.44. The van der Waals surface area contributed by atoms with Crippen molar-refractivity contribution in [3.8, 4) is 5.75 Å². The highest BCUT2D eigenvalue weighted by Crippen LogP contribution is 2.29. The molecule has 0 bridgehead atoms. The van der Waals surface area contributed by atoms with E-state index in [0.717, 1.165) is 25.7 Å². The van der Waals surface area contributed by atoms with Crippen LogP contribution in [-0.2, 0) is 20.0 Å². The number of rotatable bonds is 10. The summed E-state index contributed by atoms with van der Waals surface area (Å²) < 4.78 is 61.0. The molecule has 3 rings (SSSR count). The average molecular weight is 473 g/mol. The lowest BCUT2D eigenvalue weighted by atomic mass is 10.0. The molecular weight excluding hydrogens is 444 g/mol. The molecule has 2 aromatic rings. The van der Waals surface area contributed by atoms with E-state index in [2.05, 4.69) is 4.72 Å². The molecule has 1 aromatic heterocycles. The van der Waals surface area contributed by atoms with Gasteiger partial charge >= 0.3 is 0 Å². The van der Waals surface area contributed by atoms with E-state index in [0.29, 0.717) is 29.5 Å². The number of hydrogen-bond donors (Lipinski definition) is 1. The van der Waals surface area contributed by atoms with Crippen LogP contribution in [0.5, 0.6) is 5.75 Å². The molecule has 10 heteroatoms. The molecular formula is C20H28N2O5S3. The fourth-order valence-corrected chi connectivity index (χ4v) is 7.37. The Bertz CT molecular complexity index is 1000. The fourth-order valence-electron chi connectivity index (χ4n) is 3.48. The number of sulfonamides is 2. The van der Waals surface area contributed by atoms with Gasteiger partial charge in [-0.25, -0.2) is 21.6 Å². The predicted molar refractivity (Wildman–Crippen MR) is 118 cm³/mol. The first-order chi connectivity index (χ1) is 14.3. The summed E-state index contributed by atoms with van der Waals surface area (Å²) in [7, 11) is -7.20. The third-order valence-electron chi connectivity index (χ3n) is 5.01. The van der Waals surface area contributed by atoms with Crippen molar-refractivity contribution in [3.63, 3.8) is 0 Å². The Morgan fingerprint density at radius 2 is 1.90 bits per heavy atom. The van der Waals surface area contributed by atoms with Crippen LogP contribution in [0, 0.1) is 0 Å². The van der Waals surface area contributed by atoms with E-state index in [1.54, 1.807) is 29.6 Å². The smallest absolute Gasteiger partial charge is 0.252 e. The molecule has 1 unspecified atom stereocenters. The third kappa shape index (κ3) is 5.61. The van der Waals surface area contributed by atoms with Crippen molar-refractivity contribution >= 4 is 31.4 Å². The summed E-state index contributed by atoms with van der Waals surface area (Å²) >= 11 is 1.21. The minimum Gasteiger partial charge on any atom is -0.494 e. The van der Waals surface area contributed by atoms with Crippen LogP contribution in [0.1, 0.15) is 39.0 Å². The van der Waals surface area contributed by atoms with Crippen molar-refractivity contribution in [2.24, 2.45) is 0 Å². The second-order valence-corrected chi connectivity index (χ2v) is 12.0. The van der Waals surface area contributed by atoms with Crippen LogP contribution in [0.25, 0.3) is 0 Å². The topological polar surface area (TPSA) is 92.8 Å². The molecule has 166 valence electrons. The maximum Gasteiger partial charge on any atom is 0.252 e. The Morgan fingerprint density at radius 3 is 2.57 bits per heavy atom. The van der Waals surface area contributed by atoms with Crippen molar-refractivity contribution < 1.29 is 21.6 Å². The number of nitrogens with one attached hydrogen (secondary N) is 1. The highest BCUT2D eigenvalue weighted by molar-refractivity contribution is 7.91. The molecule has 1 aromatic carbocycles. The molecule has 1 atom stereocenters. The van der Waals surface area contributed by atoms with Crippen LogP contribution in [0.15, 0.2) is 50.9 Å². The quantitative estimate of drug-likeness (QED) is 0.572. The summed E-state index contributed by atoms with van der Waals surface area (Å²) in [6.07, 6.45) is 3.80. The molecule has 0 amide bonds. The highest BCUT2D eigenvalue weighted by atomic mass is 32.2. The van der Waals surface area contributed by atoms with Crippen LogP contribution in [0.4, 0.5) is 0 Å². The Balaban J connectivity index is 1.61. The van der Waals surface area contributed by atoms with Crippen molar-refractivity contribution in [2.75, 3.05) is 19.7 Å². The van der Waals surface area contributed by atoms with Crippen molar-refractivity contribution in [3.05, 3.63) is 41.8 Å². The first kappa shape index (κ1) is 23.2. The molecule has 1 saturated heterocycles. The zero-order chi connectivity index (χ0) is 21.6. The molecule has 1 aliphatic rings. The van der Waals surface area contributed by atoms with Gasteiger partial charge in [0, 0.05) is 19.1 Å². The maximum absolute atomic E-state index is 12.9. The van der Waals surface area contributed by atoms with Gasteiger partial charge < -0.3 is 4.74 Å². The zero-order valence-corrected chi connectivity index (χ0v) is 19.4. The van der Waals surface area contributed by atoms with E-state index in [4.69, 9.17) is 4.74 Å². The van der Waals surface area contributed by atoms with E-state index in [-0.39, 0.29) is 17.5 Å². The van der Waals surface area contributed by atoms with Crippen molar-refractivity contribution in [2.45, 2.75) is 54.2 Å². The summed E-state index contributed by atoms with van der Waals surface area (Å²) in [5.41, 5.74) is 0. The highest BCUT2D eigenvalue weighted by Gasteiger charge is 2.34. The van der Waals surface area contributed by atoms with Gasteiger partial charge in [0.05, 0.1) is 11.5 Å². The number of hydrogen-bond acceptors (Lipinski definition) is 6. The Kier molecular flexibility index (Phi) is 7.92. The Hall–Kier alpha value is -1.46. The van der Waals surface area contributed by atoms with Gasteiger partial charge in [-0.15, -0.1) is 11.3 Å². The Morgan fingerprint density at radius 1 is 1.13 bits per heavy atom. The molecule has 0 aliphatic carbocycles. The molecule has 1 N–H and O–H groups in total. The molecule has 0 spiro atoms. The molecule has 0 saturated carbocycles. The fraction of sp³-hybridized carbons (Fsp3) is 0.500. The molecule has 1 fully saturated rings. The Labute approximate surface area is 183 Å². The number of piperidine rings is 1. The molecule has 2 heterocycles. The van der Waals surface area contributed by atoms with Crippen LogP contribution in [0.3, 0.4) is 0 Å². The zero-order valence-electron chi connectivity index (χ0n) is 17.0. The van der Waals surface area contributed by atoms with Gasteiger partial charge in [-0.1, -0.05) is 19.4 Å². The maximum atomic E-state index is 12.9. The molecule has 0 radical (unpaired) electrons. The largest absolute Gasteiger partial charge is 0.494 e. The molecule has 7 nitrogen and oxygen atoms in total. The minimum atomic E-state index is -3.67. The summed E-state index contributed by atoms with van der Waals surface area (Å²) in [5, 5.41) is 1.75. The second kappa shape index (κ2) is 10.2. The lowest BCUT2D eigenvalue weighted by molar-refractivity contribution is 0.242. The molecule has 30 heavy (non-hydrogen) atoms. The minimum absolute atomic E-state index is 0.165. The van der Waals surface area contributed by atoms with E-state index >= 15 is 0 Å². The van der Waals surface area contributed by atoms with E-state index in [9.17, 15) is 16.8 Å². The van der Waals surface area contributed by atoms with E-state index < -0.39 is 20.0 Å². The lowest BCUT2D eigenvalue weighted by Crippen LogP contribution is -2.44. The third-order valence-corrected chi connectivity index (χ3v) is 9.81. The van der Waals surface area contributed by atoms with Gasteiger partial charge in [0.25, 0.3) is 10.0 Å². The first-order valence-electron chi connectivity index (χ1n) is 10.1. The summed E-state index contributed by atoms with van der Waals surface area (Å²) in [6.45, 7) is 3.23. The number of nitrogens with zero attached hydrogens (tertiary/aromatic N) is 1. The van der Waals surface area contributed by atoms with Crippen molar-refractivity contribution in [1.29, 1.82) is 0 Å². The van der Waals surface area contributed by atoms with Gasteiger partial charge in [-0.2, -0.15) is 4.31 Å². The second-order valence-electron chi connectivity index (χ2n) is 7.20. The van der Waals surface area contributed by atoms with Crippen LogP contribution in [-0.4, -0.2) is 46.9 Å².